The zero-order valence-electron chi connectivity index (χ0n) is 15.1. The van der Waals surface area contributed by atoms with Crippen LogP contribution in [0.4, 0.5) is 5.69 Å². The van der Waals surface area contributed by atoms with Gasteiger partial charge in [0, 0.05) is 18.3 Å². The minimum Gasteiger partial charge on any atom is -0.497 e. The summed E-state index contributed by atoms with van der Waals surface area (Å²) < 4.78 is 5.35. The highest BCUT2D eigenvalue weighted by atomic mass is 16.5. The minimum absolute atomic E-state index is 0.00909. The number of anilines is 1. The van der Waals surface area contributed by atoms with Crippen LogP contribution in [0.5, 0.6) is 5.75 Å². The molecule has 2 aromatic carbocycles. The number of benzene rings is 2. The zero-order chi connectivity index (χ0) is 17.5. The molecule has 1 N–H and O–H groups in total. The van der Waals surface area contributed by atoms with Gasteiger partial charge in [-0.15, -0.1) is 0 Å². The van der Waals surface area contributed by atoms with Crippen molar-refractivity contribution in [2.24, 2.45) is 0 Å². The van der Waals surface area contributed by atoms with Crippen LogP contribution < -0.4 is 9.64 Å². The van der Waals surface area contributed by atoms with Crippen LogP contribution in [0.3, 0.4) is 0 Å². The molecule has 126 valence electrons. The Labute approximate surface area is 144 Å². The van der Waals surface area contributed by atoms with Gasteiger partial charge in [0.05, 0.1) is 19.3 Å². The van der Waals surface area contributed by atoms with Crippen molar-refractivity contribution in [3.05, 3.63) is 53.6 Å². The Bertz CT molecular complexity index is 805. The summed E-state index contributed by atoms with van der Waals surface area (Å²) in [7, 11) is 3.77. The van der Waals surface area contributed by atoms with Crippen molar-refractivity contribution in [2.75, 3.05) is 19.1 Å². The van der Waals surface area contributed by atoms with Gasteiger partial charge in [-0.1, -0.05) is 24.3 Å². The lowest BCUT2D eigenvalue weighted by Crippen LogP contribution is -2.42. The van der Waals surface area contributed by atoms with E-state index in [2.05, 4.69) is 57.0 Å². The standard InChI is InChI=1S/C21H25NO2/c1-14-12-21(2,3)22(4)19-10-9-17(18(13-23)20(14)19)15-7-6-8-16(11-15)24-5/h6-12,23H,13H2,1-5H3. The number of aliphatic hydroxyl groups excluding tert-OH is 1. The van der Waals surface area contributed by atoms with Crippen molar-refractivity contribution in [1.82, 2.24) is 0 Å². The summed E-state index contributed by atoms with van der Waals surface area (Å²) in [5, 5.41) is 10.1. The third kappa shape index (κ3) is 2.59. The lowest BCUT2D eigenvalue weighted by Gasteiger charge is -2.41. The van der Waals surface area contributed by atoms with Crippen molar-refractivity contribution in [1.29, 1.82) is 0 Å². The van der Waals surface area contributed by atoms with E-state index in [4.69, 9.17) is 4.74 Å². The molecule has 0 amide bonds. The monoisotopic (exact) mass is 323 g/mol. The van der Waals surface area contributed by atoms with Gasteiger partial charge in [-0.25, -0.2) is 0 Å². The van der Waals surface area contributed by atoms with E-state index in [1.54, 1.807) is 7.11 Å². The van der Waals surface area contributed by atoms with Crippen LogP contribution in [0.25, 0.3) is 16.7 Å². The molecule has 1 aliphatic heterocycles. The molecule has 0 atom stereocenters. The van der Waals surface area contributed by atoms with E-state index in [0.29, 0.717) is 0 Å². The van der Waals surface area contributed by atoms with Crippen molar-refractivity contribution < 1.29 is 9.84 Å². The van der Waals surface area contributed by atoms with Gasteiger partial charge in [-0.2, -0.15) is 0 Å². The number of ether oxygens (including phenoxy) is 1. The molecule has 3 rings (SSSR count). The lowest BCUT2D eigenvalue weighted by atomic mass is 9.84. The van der Waals surface area contributed by atoms with Gasteiger partial charge in [0.1, 0.15) is 5.75 Å². The van der Waals surface area contributed by atoms with Gasteiger partial charge in [0.15, 0.2) is 0 Å². The predicted octanol–water partition coefficient (Wildman–Crippen LogP) is 4.49. The first-order chi connectivity index (χ1) is 11.4. The highest BCUT2D eigenvalue weighted by molar-refractivity contribution is 5.88. The number of rotatable bonds is 3. The molecule has 24 heavy (non-hydrogen) atoms. The molecule has 0 radical (unpaired) electrons. The number of aliphatic hydroxyl groups is 1. The molecule has 3 heteroatoms. The molecule has 0 saturated carbocycles. The molecule has 0 saturated heterocycles. The van der Waals surface area contributed by atoms with Gasteiger partial charge in [0.2, 0.25) is 0 Å². The number of likely N-dealkylation sites (N-methyl/N-ethyl adjacent to an activating group) is 1. The summed E-state index contributed by atoms with van der Waals surface area (Å²) in [5.41, 5.74) is 6.55. The maximum Gasteiger partial charge on any atom is 0.119 e. The Morgan fingerprint density at radius 1 is 1.17 bits per heavy atom. The van der Waals surface area contributed by atoms with Crippen LogP contribution in [0, 0.1) is 0 Å². The lowest BCUT2D eigenvalue weighted by molar-refractivity contribution is 0.282. The summed E-state index contributed by atoms with van der Waals surface area (Å²) in [6, 6.07) is 12.2. The van der Waals surface area contributed by atoms with Crippen molar-refractivity contribution >= 4 is 11.3 Å². The maximum atomic E-state index is 10.1. The van der Waals surface area contributed by atoms with Crippen molar-refractivity contribution in [2.45, 2.75) is 32.9 Å². The molecule has 1 heterocycles. The molecule has 0 unspecified atom stereocenters. The van der Waals surface area contributed by atoms with E-state index in [9.17, 15) is 5.11 Å². The topological polar surface area (TPSA) is 32.7 Å². The third-order valence-corrected chi connectivity index (χ3v) is 5.02. The van der Waals surface area contributed by atoms with Gasteiger partial charge >= 0.3 is 0 Å². The van der Waals surface area contributed by atoms with E-state index < -0.39 is 0 Å². The normalized spacial score (nSPS) is 15.8. The van der Waals surface area contributed by atoms with Crippen LogP contribution >= 0.6 is 0 Å². The molecule has 0 bridgehead atoms. The quantitative estimate of drug-likeness (QED) is 0.903. The molecule has 2 aromatic rings. The third-order valence-electron chi connectivity index (χ3n) is 5.02. The first kappa shape index (κ1) is 16.6. The smallest absolute Gasteiger partial charge is 0.119 e. The van der Waals surface area contributed by atoms with Crippen LogP contribution in [-0.2, 0) is 6.61 Å². The summed E-state index contributed by atoms with van der Waals surface area (Å²) in [5.74, 6) is 0.819. The molecule has 0 fully saturated rings. The highest BCUT2D eigenvalue weighted by Gasteiger charge is 2.30. The minimum atomic E-state index is -0.0404. The Kier molecular flexibility index (Phi) is 4.14. The van der Waals surface area contributed by atoms with E-state index in [1.165, 1.54) is 5.57 Å². The average molecular weight is 323 g/mol. The molecule has 0 aromatic heterocycles. The number of fused-ring (bicyclic) bond motifs is 1. The molecule has 1 aliphatic rings. The number of methoxy groups -OCH3 is 1. The summed E-state index contributed by atoms with van der Waals surface area (Å²) in [4.78, 5) is 2.27. The second-order valence-electron chi connectivity index (χ2n) is 6.92. The second kappa shape index (κ2) is 5.99. The summed E-state index contributed by atoms with van der Waals surface area (Å²) in [6.07, 6.45) is 2.27. The highest BCUT2D eigenvalue weighted by Crippen LogP contribution is 2.43. The van der Waals surface area contributed by atoms with Crippen LogP contribution in [0.2, 0.25) is 0 Å². The van der Waals surface area contributed by atoms with Gasteiger partial charge in [-0.3, -0.25) is 0 Å². The van der Waals surface area contributed by atoms with Crippen molar-refractivity contribution in [3.63, 3.8) is 0 Å². The number of allylic oxidation sites excluding steroid dienone is 1. The number of hydrogen-bond acceptors (Lipinski definition) is 3. The van der Waals surface area contributed by atoms with Gasteiger partial charge < -0.3 is 14.7 Å². The molecule has 0 aliphatic carbocycles. The Balaban J connectivity index is 2.24. The molecular formula is C21H25NO2. The zero-order valence-corrected chi connectivity index (χ0v) is 15.1. The van der Waals surface area contributed by atoms with Crippen LogP contribution in [0.1, 0.15) is 31.9 Å². The van der Waals surface area contributed by atoms with Crippen molar-refractivity contribution in [3.8, 4) is 16.9 Å². The van der Waals surface area contributed by atoms with Crippen LogP contribution in [-0.4, -0.2) is 24.8 Å². The first-order valence-corrected chi connectivity index (χ1v) is 8.24. The number of nitrogens with zero attached hydrogens (tertiary/aromatic N) is 1. The molecule has 3 nitrogen and oxygen atoms in total. The molecule has 0 spiro atoms. The number of hydrogen-bond donors (Lipinski definition) is 1. The summed E-state index contributed by atoms with van der Waals surface area (Å²) in [6.45, 7) is 6.54. The van der Waals surface area contributed by atoms with E-state index in [1.807, 2.05) is 18.2 Å². The Hall–Kier alpha value is -2.26. The van der Waals surface area contributed by atoms with E-state index in [0.717, 1.165) is 33.7 Å². The van der Waals surface area contributed by atoms with Gasteiger partial charge in [-0.05, 0) is 61.2 Å². The predicted molar refractivity (Wildman–Crippen MR) is 100 cm³/mol. The maximum absolute atomic E-state index is 10.1. The average Bonchev–Trinajstić information content (AvgIpc) is 2.58. The Morgan fingerprint density at radius 3 is 2.58 bits per heavy atom. The summed E-state index contributed by atoms with van der Waals surface area (Å²) >= 11 is 0. The second-order valence-corrected chi connectivity index (χ2v) is 6.92. The fraction of sp³-hybridized carbons (Fsp3) is 0.333. The first-order valence-electron chi connectivity index (χ1n) is 8.24. The fourth-order valence-corrected chi connectivity index (χ4v) is 3.59. The van der Waals surface area contributed by atoms with Crippen LogP contribution in [0.15, 0.2) is 42.5 Å². The fourth-order valence-electron chi connectivity index (χ4n) is 3.59. The SMILES string of the molecule is COc1cccc(-c2ccc3c(c2CO)C(C)=CC(C)(C)N3C)c1. The Morgan fingerprint density at radius 2 is 1.92 bits per heavy atom. The molecular weight excluding hydrogens is 298 g/mol. The van der Waals surface area contributed by atoms with Gasteiger partial charge in [0.25, 0.3) is 0 Å². The van der Waals surface area contributed by atoms with E-state index in [-0.39, 0.29) is 12.1 Å². The van der Waals surface area contributed by atoms with E-state index >= 15 is 0 Å². The largest absolute Gasteiger partial charge is 0.497 e.